The molecule has 43 heavy (non-hydrogen) atoms. The second-order valence-corrected chi connectivity index (χ2v) is 11.5. The van der Waals surface area contributed by atoms with E-state index in [4.69, 9.17) is 5.10 Å². The molecule has 2 amide bonds. The number of carbonyl (C=O) groups excluding carboxylic acids is 2. The fourth-order valence-corrected chi connectivity index (χ4v) is 7.89. The van der Waals surface area contributed by atoms with Crippen LogP contribution in [0.3, 0.4) is 0 Å². The van der Waals surface area contributed by atoms with Crippen molar-refractivity contribution in [3.63, 3.8) is 0 Å². The molecule has 3 aliphatic carbocycles. The summed E-state index contributed by atoms with van der Waals surface area (Å²) in [6, 6.07) is 37.8. The fourth-order valence-electron chi connectivity index (χ4n) is 7.89. The molecule has 7 heteroatoms. The Kier molecular flexibility index (Phi) is 4.88. The Labute approximate surface area is 246 Å². The molecule has 6 aromatic rings. The largest absolute Gasteiger partial charge is 0.323 e. The SMILES string of the molecule is O=C1[C@@H]2C3c4ccccc4C(/C=N\Nc4nc5ccccc5[nH]4)(c4ccccc43)[C@@H]2C(=O)N1c1cccc2ccccc12. The zero-order chi connectivity index (χ0) is 28.7. The summed E-state index contributed by atoms with van der Waals surface area (Å²) >= 11 is 0. The molecule has 0 radical (unpaired) electrons. The number of imidazole rings is 1. The second-order valence-electron chi connectivity index (χ2n) is 11.5. The standard InChI is InChI=1S/C36H25N5O2/c42-33-31-30-23-13-3-5-15-25(23)36(26-16-6-4-14-24(26)30,20-37-40-35-38-27-17-7-8-18-28(27)39-35)32(31)34(43)41(33)29-19-9-11-21-10-1-2-12-22(21)29/h1-20,30-32H,(H2,38,39,40)/b37-20-/t30?,31-,32+,36?/m1/s1. The van der Waals surface area contributed by atoms with Crippen molar-refractivity contribution in [2.45, 2.75) is 11.3 Å². The van der Waals surface area contributed by atoms with Crippen LogP contribution in [0.5, 0.6) is 0 Å². The van der Waals surface area contributed by atoms with Crippen LogP contribution in [0.2, 0.25) is 0 Å². The van der Waals surface area contributed by atoms with Crippen molar-refractivity contribution in [3.05, 3.63) is 138 Å². The number of aromatic amines is 1. The highest BCUT2D eigenvalue weighted by molar-refractivity contribution is 6.27. The fraction of sp³-hybridized carbons (Fsp3) is 0.111. The van der Waals surface area contributed by atoms with E-state index < -0.39 is 17.3 Å². The lowest BCUT2D eigenvalue weighted by Gasteiger charge is -2.52. The van der Waals surface area contributed by atoms with Crippen molar-refractivity contribution < 1.29 is 9.59 Å². The second kappa shape index (κ2) is 8.72. The van der Waals surface area contributed by atoms with Crippen LogP contribution < -0.4 is 10.3 Å². The van der Waals surface area contributed by atoms with Gasteiger partial charge in [0.2, 0.25) is 17.8 Å². The third-order valence-electron chi connectivity index (χ3n) is 9.52. The molecule has 2 atom stereocenters. The zero-order valence-corrected chi connectivity index (χ0v) is 22.9. The molecule has 1 saturated heterocycles. The van der Waals surface area contributed by atoms with Crippen molar-refractivity contribution in [2.75, 3.05) is 10.3 Å². The molecule has 1 aliphatic heterocycles. The number of para-hydroxylation sites is 2. The van der Waals surface area contributed by atoms with Crippen molar-refractivity contribution in [2.24, 2.45) is 16.9 Å². The Morgan fingerprint density at radius 1 is 0.767 bits per heavy atom. The summed E-state index contributed by atoms with van der Waals surface area (Å²) < 4.78 is 0. The number of amides is 2. The predicted octanol–water partition coefficient (Wildman–Crippen LogP) is 6.36. The Balaban J connectivity index is 1.25. The maximum Gasteiger partial charge on any atom is 0.239 e. The number of H-pyrrole nitrogens is 1. The Bertz CT molecular complexity index is 2080. The van der Waals surface area contributed by atoms with Gasteiger partial charge in [0.05, 0.1) is 34.0 Å². The van der Waals surface area contributed by atoms with Crippen LogP contribution in [-0.4, -0.2) is 28.0 Å². The number of imide groups is 1. The number of anilines is 2. The van der Waals surface area contributed by atoms with Crippen LogP contribution in [0.1, 0.15) is 28.2 Å². The molecular formula is C36H25N5O2. The van der Waals surface area contributed by atoms with E-state index in [9.17, 15) is 9.59 Å². The topological polar surface area (TPSA) is 90.5 Å². The van der Waals surface area contributed by atoms with E-state index in [0.29, 0.717) is 11.6 Å². The molecule has 2 heterocycles. The summed E-state index contributed by atoms with van der Waals surface area (Å²) in [5.74, 6) is -1.31. The lowest BCUT2D eigenvalue weighted by atomic mass is 9.47. The van der Waals surface area contributed by atoms with Crippen molar-refractivity contribution >= 4 is 51.5 Å². The van der Waals surface area contributed by atoms with Crippen molar-refractivity contribution in [3.8, 4) is 0 Å². The van der Waals surface area contributed by atoms with Gasteiger partial charge in [0.15, 0.2) is 0 Å². The normalized spacial score (nSPS) is 23.6. The van der Waals surface area contributed by atoms with Gasteiger partial charge in [-0.25, -0.2) is 15.3 Å². The Hall–Kier alpha value is -5.56. The van der Waals surface area contributed by atoms with Crippen LogP contribution in [0.25, 0.3) is 21.8 Å². The first-order chi connectivity index (χ1) is 21.2. The van der Waals surface area contributed by atoms with Gasteiger partial charge in [-0.15, -0.1) is 0 Å². The van der Waals surface area contributed by atoms with Gasteiger partial charge in [-0.05, 0) is 45.8 Å². The van der Waals surface area contributed by atoms with E-state index in [1.54, 1.807) is 0 Å². The van der Waals surface area contributed by atoms with E-state index in [2.05, 4.69) is 39.7 Å². The summed E-state index contributed by atoms with van der Waals surface area (Å²) in [6.45, 7) is 0. The first-order valence-electron chi connectivity index (χ1n) is 14.5. The van der Waals surface area contributed by atoms with Gasteiger partial charge < -0.3 is 4.98 Å². The predicted molar refractivity (Wildman–Crippen MR) is 167 cm³/mol. The lowest BCUT2D eigenvalue weighted by molar-refractivity contribution is -0.122. The summed E-state index contributed by atoms with van der Waals surface area (Å²) in [7, 11) is 0. The molecule has 0 spiro atoms. The average Bonchev–Trinajstić information content (AvgIpc) is 3.59. The Morgan fingerprint density at radius 2 is 1.44 bits per heavy atom. The van der Waals surface area contributed by atoms with E-state index in [1.165, 1.54) is 4.90 Å². The number of hydrogen-bond donors (Lipinski definition) is 2. The molecule has 7 nitrogen and oxygen atoms in total. The summed E-state index contributed by atoms with van der Waals surface area (Å²) in [5.41, 5.74) is 8.63. The van der Waals surface area contributed by atoms with Gasteiger partial charge in [0.1, 0.15) is 0 Å². The minimum absolute atomic E-state index is 0.164. The maximum atomic E-state index is 14.8. The highest BCUT2D eigenvalue weighted by Gasteiger charge is 2.68. The number of aromatic nitrogens is 2. The molecule has 2 N–H and O–H groups in total. The number of hydrazone groups is 1. The van der Waals surface area contributed by atoms with Crippen LogP contribution in [0, 0.1) is 11.8 Å². The van der Waals surface area contributed by atoms with E-state index in [0.717, 1.165) is 44.1 Å². The average molecular weight is 560 g/mol. The molecule has 0 unspecified atom stereocenters. The molecule has 1 fully saturated rings. The molecule has 10 rings (SSSR count). The van der Waals surface area contributed by atoms with E-state index >= 15 is 0 Å². The molecule has 1 aromatic heterocycles. The number of hydrogen-bond acceptors (Lipinski definition) is 5. The van der Waals surface area contributed by atoms with E-state index in [1.807, 2.05) is 97.2 Å². The Morgan fingerprint density at radius 3 is 2.23 bits per heavy atom. The maximum absolute atomic E-state index is 14.8. The number of benzene rings is 5. The van der Waals surface area contributed by atoms with Crippen molar-refractivity contribution in [1.82, 2.24) is 9.97 Å². The first-order valence-corrected chi connectivity index (χ1v) is 14.5. The van der Waals surface area contributed by atoms with Gasteiger partial charge in [0.25, 0.3) is 0 Å². The number of fused-ring (bicyclic) bond motifs is 2. The number of nitrogens with one attached hydrogen (secondary N) is 2. The quantitative estimate of drug-likeness (QED) is 0.149. The summed E-state index contributed by atoms with van der Waals surface area (Å²) in [5, 5.41) is 6.60. The molecule has 2 bridgehead atoms. The first kappa shape index (κ1) is 24.1. The third-order valence-corrected chi connectivity index (χ3v) is 9.52. The molecule has 5 aromatic carbocycles. The van der Waals surface area contributed by atoms with Crippen LogP contribution >= 0.6 is 0 Å². The number of nitrogens with zero attached hydrogens (tertiary/aromatic N) is 3. The zero-order valence-electron chi connectivity index (χ0n) is 22.9. The number of carbonyl (C=O) groups is 2. The van der Waals surface area contributed by atoms with Crippen molar-refractivity contribution in [1.29, 1.82) is 0 Å². The van der Waals surface area contributed by atoms with Crippen LogP contribution in [-0.2, 0) is 15.0 Å². The van der Waals surface area contributed by atoms with Gasteiger partial charge >= 0.3 is 0 Å². The highest BCUT2D eigenvalue weighted by Crippen LogP contribution is 2.63. The van der Waals surface area contributed by atoms with Crippen LogP contribution in [0.15, 0.2) is 120 Å². The smallest absolute Gasteiger partial charge is 0.239 e. The minimum Gasteiger partial charge on any atom is -0.323 e. The molecular weight excluding hydrogens is 534 g/mol. The number of rotatable bonds is 4. The lowest BCUT2D eigenvalue weighted by Crippen LogP contribution is -2.54. The van der Waals surface area contributed by atoms with Gasteiger partial charge in [-0.2, -0.15) is 5.10 Å². The molecule has 0 saturated carbocycles. The van der Waals surface area contributed by atoms with Gasteiger partial charge in [0, 0.05) is 17.5 Å². The minimum atomic E-state index is -0.961. The highest BCUT2D eigenvalue weighted by atomic mass is 16.2. The molecule has 206 valence electrons. The van der Waals surface area contributed by atoms with Gasteiger partial charge in [-0.3, -0.25) is 9.59 Å². The molecule has 4 aliphatic rings. The summed E-state index contributed by atoms with van der Waals surface area (Å²) in [6.07, 6.45) is 1.84. The monoisotopic (exact) mass is 559 g/mol. The van der Waals surface area contributed by atoms with Gasteiger partial charge in [-0.1, -0.05) is 97.1 Å². The third kappa shape index (κ3) is 3.13. The van der Waals surface area contributed by atoms with E-state index in [-0.39, 0.29) is 17.7 Å². The van der Waals surface area contributed by atoms with Crippen LogP contribution in [0.4, 0.5) is 11.6 Å². The summed E-state index contributed by atoms with van der Waals surface area (Å²) in [4.78, 5) is 38.6.